The minimum Gasteiger partial charge on any atom is -0.367 e. The Morgan fingerprint density at radius 2 is 2.43 bits per heavy atom. The van der Waals surface area contributed by atoms with Gasteiger partial charge in [0.25, 0.3) is 0 Å². The number of rotatable bonds is 5. The molecule has 0 saturated carbocycles. The van der Waals surface area contributed by atoms with E-state index < -0.39 is 0 Å². The second-order valence-electron chi connectivity index (χ2n) is 5.19. The highest BCUT2D eigenvalue weighted by atomic mass is 35.5. The molecule has 1 fully saturated rings. The topological polar surface area (TPSA) is 54.0 Å². The van der Waals surface area contributed by atoms with E-state index in [0.29, 0.717) is 6.61 Å². The Bertz CT molecular complexity index is 585. The molecule has 0 radical (unpaired) electrons. The smallest absolute Gasteiger partial charge is 0.180 e. The number of aromatic amines is 1. The monoisotopic (exact) mass is 326 g/mol. The van der Waals surface area contributed by atoms with Gasteiger partial charge in [-0.3, -0.25) is 10.00 Å². The summed E-state index contributed by atoms with van der Waals surface area (Å²) in [5.74, 6) is 1.71. The number of nitrogens with zero attached hydrogens (tertiary/aromatic N) is 3. The molecule has 0 bridgehead atoms. The summed E-state index contributed by atoms with van der Waals surface area (Å²) in [6.07, 6.45) is 1.94. The lowest BCUT2D eigenvalue weighted by Crippen LogP contribution is -2.38. The van der Waals surface area contributed by atoms with Crippen molar-refractivity contribution in [2.75, 3.05) is 19.7 Å². The van der Waals surface area contributed by atoms with Crippen LogP contribution in [-0.2, 0) is 17.7 Å². The number of aryl methyl sites for hydroxylation is 1. The van der Waals surface area contributed by atoms with Crippen molar-refractivity contribution in [2.24, 2.45) is 0 Å². The molecule has 0 aliphatic carbocycles. The van der Waals surface area contributed by atoms with Crippen molar-refractivity contribution in [3.63, 3.8) is 0 Å². The third kappa shape index (κ3) is 3.83. The predicted octanol–water partition coefficient (Wildman–Crippen LogP) is 3.05. The summed E-state index contributed by atoms with van der Waals surface area (Å²) in [5.41, 5.74) is 0. The van der Waals surface area contributed by atoms with Crippen LogP contribution in [0.4, 0.5) is 0 Å². The van der Waals surface area contributed by atoms with Gasteiger partial charge in [0.05, 0.1) is 10.9 Å². The molecule has 0 spiro atoms. The molecule has 2 aromatic heterocycles. The number of halogens is 1. The van der Waals surface area contributed by atoms with Gasteiger partial charge in [0.2, 0.25) is 0 Å². The van der Waals surface area contributed by atoms with Crippen molar-refractivity contribution >= 4 is 22.9 Å². The first-order valence-corrected chi connectivity index (χ1v) is 8.43. The predicted molar refractivity (Wildman–Crippen MR) is 83.7 cm³/mol. The van der Waals surface area contributed by atoms with E-state index in [1.807, 2.05) is 6.07 Å². The fourth-order valence-electron chi connectivity index (χ4n) is 2.46. The number of ether oxygens (including phenoxy) is 1. The van der Waals surface area contributed by atoms with Gasteiger partial charge in [-0.15, -0.1) is 11.3 Å². The summed E-state index contributed by atoms with van der Waals surface area (Å²) in [5, 5.41) is 7.29. The van der Waals surface area contributed by atoms with Gasteiger partial charge in [0.15, 0.2) is 5.82 Å². The van der Waals surface area contributed by atoms with Crippen LogP contribution < -0.4 is 0 Å². The van der Waals surface area contributed by atoms with Gasteiger partial charge < -0.3 is 4.74 Å². The lowest BCUT2D eigenvalue weighted by atomic mass is 10.2. The van der Waals surface area contributed by atoms with Crippen LogP contribution in [0.15, 0.2) is 12.1 Å². The third-order valence-corrected chi connectivity index (χ3v) is 4.70. The van der Waals surface area contributed by atoms with E-state index in [-0.39, 0.29) is 6.10 Å². The quantitative estimate of drug-likeness (QED) is 0.917. The molecule has 21 heavy (non-hydrogen) atoms. The SMILES string of the molecule is CCCc1nc([C@@H]2CN(Cc3ccc(Cl)s3)CCO2)n[nH]1. The second-order valence-corrected chi connectivity index (χ2v) is 6.99. The molecule has 1 aliphatic heterocycles. The minimum atomic E-state index is -0.0453. The van der Waals surface area contributed by atoms with Crippen LogP contribution in [0.5, 0.6) is 0 Å². The van der Waals surface area contributed by atoms with E-state index in [0.717, 1.165) is 48.5 Å². The van der Waals surface area contributed by atoms with Crippen LogP contribution in [0.3, 0.4) is 0 Å². The molecule has 0 amide bonds. The van der Waals surface area contributed by atoms with E-state index in [1.54, 1.807) is 11.3 Å². The number of H-pyrrole nitrogens is 1. The van der Waals surface area contributed by atoms with E-state index in [9.17, 15) is 0 Å². The van der Waals surface area contributed by atoms with Gasteiger partial charge in [-0.25, -0.2) is 4.98 Å². The molecule has 0 aromatic carbocycles. The summed E-state index contributed by atoms with van der Waals surface area (Å²) in [4.78, 5) is 8.18. The van der Waals surface area contributed by atoms with Crippen LogP contribution in [-0.4, -0.2) is 39.8 Å². The summed E-state index contributed by atoms with van der Waals surface area (Å²) < 4.78 is 6.66. The number of hydrogen-bond donors (Lipinski definition) is 1. The van der Waals surface area contributed by atoms with Crippen LogP contribution >= 0.6 is 22.9 Å². The lowest BCUT2D eigenvalue weighted by Gasteiger charge is -2.31. The van der Waals surface area contributed by atoms with Gasteiger partial charge in [0, 0.05) is 30.9 Å². The maximum absolute atomic E-state index is 5.99. The van der Waals surface area contributed by atoms with Gasteiger partial charge in [-0.2, -0.15) is 5.10 Å². The van der Waals surface area contributed by atoms with E-state index in [4.69, 9.17) is 16.3 Å². The Labute approximate surface area is 133 Å². The molecule has 0 unspecified atom stereocenters. The molecular weight excluding hydrogens is 308 g/mol. The molecule has 1 aliphatic rings. The van der Waals surface area contributed by atoms with Crippen molar-refractivity contribution in [1.82, 2.24) is 20.1 Å². The molecule has 114 valence electrons. The molecular formula is C14H19ClN4OS. The van der Waals surface area contributed by atoms with E-state index in [1.165, 1.54) is 4.88 Å². The Morgan fingerprint density at radius 3 is 3.19 bits per heavy atom. The zero-order valence-electron chi connectivity index (χ0n) is 12.0. The number of aromatic nitrogens is 3. The molecule has 2 aromatic rings. The molecule has 1 N–H and O–H groups in total. The standard InChI is InChI=1S/C14H19ClN4OS/c1-2-3-13-16-14(18-17-13)11-9-19(6-7-20-11)8-10-4-5-12(15)21-10/h4-5,11H,2-3,6-9H2,1H3,(H,16,17,18)/t11-/m0/s1. The minimum absolute atomic E-state index is 0.0453. The normalized spacial score (nSPS) is 20.0. The van der Waals surface area contributed by atoms with E-state index >= 15 is 0 Å². The second kappa shape index (κ2) is 6.87. The van der Waals surface area contributed by atoms with Crippen molar-refractivity contribution in [3.8, 4) is 0 Å². The van der Waals surface area contributed by atoms with Gasteiger partial charge in [-0.1, -0.05) is 18.5 Å². The van der Waals surface area contributed by atoms with Crippen molar-refractivity contribution in [1.29, 1.82) is 0 Å². The van der Waals surface area contributed by atoms with Crippen LogP contribution in [0.1, 0.15) is 36.0 Å². The Hall–Kier alpha value is -0.950. The summed E-state index contributed by atoms with van der Waals surface area (Å²) in [7, 11) is 0. The first kappa shape index (κ1) is 15.0. The number of morpholine rings is 1. The fourth-order valence-corrected chi connectivity index (χ4v) is 3.59. The summed E-state index contributed by atoms with van der Waals surface area (Å²) >= 11 is 7.62. The molecule has 1 saturated heterocycles. The number of hydrogen-bond acceptors (Lipinski definition) is 5. The highest BCUT2D eigenvalue weighted by molar-refractivity contribution is 7.16. The fraction of sp³-hybridized carbons (Fsp3) is 0.571. The van der Waals surface area contributed by atoms with Gasteiger partial charge >= 0.3 is 0 Å². The first-order chi connectivity index (χ1) is 10.2. The maximum atomic E-state index is 5.99. The van der Waals surface area contributed by atoms with Crippen molar-refractivity contribution in [2.45, 2.75) is 32.4 Å². The van der Waals surface area contributed by atoms with Crippen LogP contribution in [0.25, 0.3) is 0 Å². The Kier molecular flexibility index (Phi) is 4.90. The third-order valence-electron chi connectivity index (χ3n) is 3.48. The Morgan fingerprint density at radius 1 is 1.52 bits per heavy atom. The molecule has 5 nitrogen and oxygen atoms in total. The van der Waals surface area contributed by atoms with Crippen molar-refractivity contribution < 1.29 is 4.74 Å². The zero-order valence-corrected chi connectivity index (χ0v) is 13.6. The van der Waals surface area contributed by atoms with Crippen LogP contribution in [0, 0.1) is 0 Å². The first-order valence-electron chi connectivity index (χ1n) is 7.24. The largest absolute Gasteiger partial charge is 0.367 e. The highest BCUT2D eigenvalue weighted by Crippen LogP contribution is 2.25. The van der Waals surface area contributed by atoms with E-state index in [2.05, 4.69) is 33.1 Å². The highest BCUT2D eigenvalue weighted by Gasteiger charge is 2.25. The summed E-state index contributed by atoms with van der Waals surface area (Å²) in [6, 6.07) is 4.04. The zero-order chi connectivity index (χ0) is 14.7. The van der Waals surface area contributed by atoms with Gasteiger partial charge in [0.1, 0.15) is 11.9 Å². The Balaban J connectivity index is 1.61. The number of thiophene rings is 1. The van der Waals surface area contributed by atoms with Gasteiger partial charge in [-0.05, 0) is 18.6 Å². The average molecular weight is 327 g/mol. The summed E-state index contributed by atoms with van der Waals surface area (Å²) in [6.45, 7) is 5.50. The lowest BCUT2D eigenvalue weighted by molar-refractivity contribution is -0.0367. The molecule has 3 rings (SSSR count). The number of nitrogens with one attached hydrogen (secondary N) is 1. The average Bonchev–Trinajstić information content (AvgIpc) is 3.09. The molecule has 1 atom stereocenters. The maximum Gasteiger partial charge on any atom is 0.180 e. The molecule has 3 heterocycles. The van der Waals surface area contributed by atoms with Crippen LogP contribution in [0.2, 0.25) is 4.34 Å². The van der Waals surface area contributed by atoms with Crippen molar-refractivity contribution in [3.05, 3.63) is 33.0 Å². The molecule has 7 heteroatoms.